The van der Waals surface area contributed by atoms with E-state index in [1.807, 2.05) is 12.3 Å². The lowest BCUT2D eigenvalue weighted by Crippen LogP contribution is -2.39. The first kappa shape index (κ1) is 19.5. The number of hydrogen-bond acceptors (Lipinski definition) is 3. The molecule has 1 atom stereocenters. The predicted octanol–water partition coefficient (Wildman–Crippen LogP) is 2.08. The zero-order chi connectivity index (χ0) is 16.1. The van der Waals surface area contributed by atoms with Crippen molar-refractivity contribution in [3.05, 3.63) is 12.3 Å². The van der Waals surface area contributed by atoms with Crippen LogP contribution in [0.3, 0.4) is 0 Å². The Balaban J connectivity index is 3.58. The third-order valence-corrected chi connectivity index (χ3v) is 3.14. The van der Waals surface area contributed by atoms with Gasteiger partial charge in [-0.1, -0.05) is 32.8 Å². The molecule has 0 unspecified atom stereocenters. The number of nitrogens with two attached hydrogens (primary N) is 1. The molecule has 0 spiro atoms. The molecule has 122 valence electrons. The molecule has 0 aromatic carbocycles. The summed E-state index contributed by atoms with van der Waals surface area (Å²) in [4.78, 5) is 21.9. The summed E-state index contributed by atoms with van der Waals surface area (Å²) in [6.07, 6.45) is 10.0. The zero-order valence-corrected chi connectivity index (χ0v) is 13.7. The summed E-state index contributed by atoms with van der Waals surface area (Å²) in [5.41, 5.74) is 5.35. The van der Waals surface area contributed by atoms with Crippen molar-refractivity contribution >= 4 is 11.8 Å². The van der Waals surface area contributed by atoms with E-state index in [1.54, 1.807) is 0 Å². The van der Waals surface area contributed by atoms with Gasteiger partial charge in [0, 0.05) is 13.5 Å². The molecular formula is C16H31N3O2. The van der Waals surface area contributed by atoms with Gasteiger partial charge in [0.1, 0.15) is 6.04 Å². The van der Waals surface area contributed by atoms with Crippen molar-refractivity contribution in [3.63, 3.8) is 0 Å². The van der Waals surface area contributed by atoms with E-state index in [4.69, 9.17) is 5.73 Å². The number of carbonyl (C=O) groups excluding carboxylic acids is 2. The predicted molar refractivity (Wildman–Crippen MR) is 86.5 cm³/mol. The average Bonchev–Trinajstić information content (AvgIpc) is 2.38. The molecule has 0 saturated heterocycles. The SMILES string of the molecule is CC(=O)NCCCCCC/C=C/N[C@@H](CC(C)C)C(N)=O. The second-order valence-electron chi connectivity index (χ2n) is 5.84. The molecule has 0 radical (unpaired) electrons. The van der Waals surface area contributed by atoms with Crippen molar-refractivity contribution in [2.24, 2.45) is 11.7 Å². The highest BCUT2D eigenvalue weighted by Crippen LogP contribution is 2.05. The van der Waals surface area contributed by atoms with Gasteiger partial charge in [0.05, 0.1) is 0 Å². The molecule has 0 aliphatic heterocycles. The summed E-state index contributed by atoms with van der Waals surface area (Å²) in [6.45, 7) is 6.45. The van der Waals surface area contributed by atoms with Crippen molar-refractivity contribution in [1.29, 1.82) is 0 Å². The number of primary amides is 1. The number of carbonyl (C=O) groups is 2. The highest BCUT2D eigenvalue weighted by molar-refractivity contribution is 5.79. The van der Waals surface area contributed by atoms with Gasteiger partial charge in [-0.05, 0) is 37.8 Å². The molecule has 0 heterocycles. The molecule has 0 aromatic heterocycles. The van der Waals surface area contributed by atoms with Crippen LogP contribution in [0.25, 0.3) is 0 Å². The number of nitrogens with one attached hydrogen (secondary N) is 2. The summed E-state index contributed by atoms with van der Waals surface area (Å²) in [6, 6.07) is -0.279. The molecule has 4 N–H and O–H groups in total. The van der Waals surface area contributed by atoms with Crippen LogP contribution in [0.5, 0.6) is 0 Å². The van der Waals surface area contributed by atoms with Gasteiger partial charge in [-0.25, -0.2) is 0 Å². The minimum atomic E-state index is -0.300. The molecule has 5 heteroatoms. The van der Waals surface area contributed by atoms with Gasteiger partial charge in [-0.3, -0.25) is 9.59 Å². The van der Waals surface area contributed by atoms with E-state index < -0.39 is 0 Å². The Hall–Kier alpha value is -1.52. The first-order valence-corrected chi connectivity index (χ1v) is 7.88. The third-order valence-electron chi connectivity index (χ3n) is 3.14. The number of allylic oxidation sites excluding steroid dienone is 1. The summed E-state index contributed by atoms with van der Waals surface area (Å²) in [5, 5.41) is 5.86. The molecule has 0 bridgehead atoms. The second kappa shape index (κ2) is 12.2. The maximum atomic E-state index is 11.2. The monoisotopic (exact) mass is 297 g/mol. The first-order valence-electron chi connectivity index (χ1n) is 7.88. The Morgan fingerprint density at radius 3 is 2.38 bits per heavy atom. The Morgan fingerprint density at radius 2 is 1.81 bits per heavy atom. The Kier molecular flexibility index (Phi) is 11.4. The Morgan fingerprint density at radius 1 is 1.14 bits per heavy atom. The minimum absolute atomic E-state index is 0.0365. The summed E-state index contributed by atoms with van der Waals surface area (Å²) < 4.78 is 0. The lowest BCUT2D eigenvalue weighted by atomic mass is 10.0. The van der Waals surface area contributed by atoms with Gasteiger partial charge < -0.3 is 16.4 Å². The number of hydrogen-bond donors (Lipinski definition) is 3. The summed E-state index contributed by atoms with van der Waals surface area (Å²) >= 11 is 0. The van der Waals surface area contributed by atoms with E-state index in [2.05, 4.69) is 24.5 Å². The van der Waals surface area contributed by atoms with Gasteiger partial charge in [-0.2, -0.15) is 0 Å². The quantitative estimate of drug-likeness (QED) is 0.482. The fraction of sp³-hybridized carbons (Fsp3) is 0.750. The van der Waals surface area contributed by atoms with Crippen LogP contribution in [-0.2, 0) is 9.59 Å². The number of unbranched alkanes of at least 4 members (excludes halogenated alkanes) is 4. The smallest absolute Gasteiger partial charge is 0.239 e. The largest absolute Gasteiger partial charge is 0.380 e. The van der Waals surface area contributed by atoms with E-state index in [-0.39, 0.29) is 17.9 Å². The van der Waals surface area contributed by atoms with E-state index in [9.17, 15) is 9.59 Å². The summed E-state index contributed by atoms with van der Waals surface area (Å²) in [7, 11) is 0. The van der Waals surface area contributed by atoms with Gasteiger partial charge >= 0.3 is 0 Å². The van der Waals surface area contributed by atoms with Crippen LogP contribution >= 0.6 is 0 Å². The second-order valence-corrected chi connectivity index (χ2v) is 5.84. The van der Waals surface area contributed by atoms with Crippen molar-refractivity contribution in [2.45, 2.75) is 65.3 Å². The van der Waals surface area contributed by atoms with Crippen molar-refractivity contribution < 1.29 is 9.59 Å². The minimum Gasteiger partial charge on any atom is -0.380 e. The van der Waals surface area contributed by atoms with Crippen LogP contribution in [0.1, 0.15) is 59.3 Å². The summed E-state index contributed by atoms with van der Waals surface area (Å²) in [5.74, 6) is 0.174. The van der Waals surface area contributed by atoms with Gasteiger partial charge in [0.15, 0.2) is 0 Å². The Labute approximate surface area is 128 Å². The Bertz CT molecular complexity index is 327. The first-order chi connectivity index (χ1) is 9.93. The maximum absolute atomic E-state index is 11.2. The van der Waals surface area contributed by atoms with Crippen LogP contribution < -0.4 is 16.4 Å². The van der Waals surface area contributed by atoms with E-state index in [0.717, 1.165) is 45.1 Å². The van der Waals surface area contributed by atoms with Crippen molar-refractivity contribution in [2.75, 3.05) is 6.54 Å². The van der Waals surface area contributed by atoms with E-state index in [0.29, 0.717) is 5.92 Å². The lowest BCUT2D eigenvalue weighted by molar-refractivity contribution is -0.120. The number of rotatable bonds is 12. The van der Waals surface area contributed by atoms with Crippen LogP contribution in [0.2, 0.25) is 0 Å². The van der Waals surface area contributed by atoms with Gasteiger partial charge in [-0.15, -0.1) is 0 Å². The normalized spacial score (nSPS) is 12.6. The fourth-order valence-corrected chi connectivity index (χ4v) is 2.01. The van der Waals surface area contributed by atoms with Crippen LogP contribution in [-0.4, -0.2) is 24.4 Å². The van der Waals surface area contributed by atoms with Crippen LogP contribution in [0.15, 0.2) is 12.3 Å². The molecule has 0 saturated carbocycles. The lowest BCUT2D eigenvalue weighted by Gasteiger charge is -2.15. The van der Waals surface area contributed by atoms with E-state index >= 15 is 0 Å². The van der Waals surface area contributed by atoms with Crippen LogP contribution in [0, 0.1) is 5.92 Å². The molecule has 0 fully saturated rings. The third kappa shape index (κ3) is 13.2. The molecule has 2 amide bonds. The number of amides is 2. The van der Waals surface area contributed by atoms with Gasteiger partial charge in [0.2, 0.25) is 11.8 Å². The molecule has 0 aliphatic carbocycles. The molecule has 0 rings (SSSR count). The zero-order valence-electron chi connectivity index (χ0n) is 13.7. The maximum Gasteiger partial charge on any atom is 0.239 e. The van der Waals surface area contributed by atoms with Crippen molar-refractivity contribution in [1.82, 2.24) is 10.6 Å². The van der Waals surface area contributed by atoms with E-state index in [1.165, 1.54) is 6.92 Å². The standard InChI is InChI=1S/C16H31N3O2/c1-13(2)12-15(16(17)21)19-11-9-7-5-4-6-8-10-18-14(3)20/h9,11,13,15,19H,4-8,10,12H2,1-3H3,(H2,17,21)(H,18,20)/b11-9+/t15-/m0/s1. The molecule has 0 aliphatic rings. The van der Waals surface area contributed by atoms with Crippen molar-refractivity contribution in [3.8, 4) is 0 Å². The van der Waals surface area contributed by atoms with Gasteiger partial charge in [0.25, 0.3) is 0 Å². The molecule has 21 heavy (non-hydrogen) atoms. The van der Waals surface area contributed by atoms with Crippen LogP contribution in [0.4, 0.5) is 0 Å². The molecule has 0 aromatic rings. The topological polar surface area (TPSA) is 84.2 Å². The highest BCUT2D eigenvalue weighted by atomic mass is 16.1. The fourth-order valence-electron chi connectivity index (χ4n) is 2.01. The molecule has 5 nitrogen and oxygen atoms in total. The molecular weight excluding hydrogens is 266 g/mol. The average molecular weight is 297 g/mol. The highest BCUT2D eigenvalue weighted by Gasteiger charge is 2.14.